The number of hydrogen-bond acceptors (Lipinski definition) is 1. The van der Waals surface area contributed by atoms with Gasteiger partial charge in [-0.15, -0.1) is 0 Å². The van der Waals surface area contributed by atoms with Gasteiger partial charge in [0.1, 0.15) is 0 Å². The smallest absolute Gasteiger partial charge is 0.0894 e. The molecule has 1 aromatic carbocycles. The number of hydrogen-bond donors (Lipinski definition) is 1. The van der Waals surface area contributed by atoms with Gasteiger partial charge in [0.15, 0.2) is 0 Å². The lowest BCUT2D eigenvalue weighted by Gasteiger charge is -1.97. The molecule has 0 spiro atoms. The van der Waals surface area contributed by atoms with Crippen molar-refractivity contribution in [1.29, 1.82) is 0 Å². The summed E-state index contributed by atoms with van der Waals surface area (Å²) < 4.78 is 1.16. The van der Waals surface area contributed by atoms with E-state index < -0.39 is 0 Å². The maximum absolute atomic E-state index is 9.31. The van der Waals surface area contributed by atoms with Crippen molar-refractivity contribution in [3.05, 3.63) is 36.0 Å². The van der Waals surface area contributed by atoms with E-state index in [2.05, 4.69) is 0 Å². The number of aryl methyl sites for hydroxylation is 1. The number of rotatable bonds is 0. The average molecular weight is 147 g/mol. The van der Waals surface area contributed by atoms with Gasteiger partial charge in [0.2, 0.25) is 0 Å². The Hall–Kier alpha value is -1.44. The van der Waals surface area contributed by atoms with E-state index in [1.165, 1.54) is 0 Å². The summed E-state index contributed by atoms with van der Waals surface area (Å²) in [6.07, 6.45) is 1.65. The predicted octanol–water partition coefficient (Wildman–Crippen LogP) is 2.19. The molecule has 0 aliphatic rings. The van der Waals surface area contributed by atoms with Crippen LogP contribution < -0.4 is 0 Å². The third-order valence-electron chi connectivity index (χ3n) is 1.89. The largest absolute Gasteiger partial charge is 0.428 e. The second-order valence-electron chi connectivity index (χ2n) is 2.67. The van der Waals surface area contributed by atoms with Crippen molar-refractivity contribution in [2.45, 2.75) is 6.92 Å². The van der Waals surface area contributed by atoms with Crippen LogP contribution >= 0.6 is 0 Å². The van der Waals surface area contributed by atoms with Crippen LogP contribution in [0.4, 0.5) is 0 Å². The van der Waals surface area contributed by atoms with Gasteiger partial charge in [-0.2, -0.15) is 4.73 Å². The summed E-state index contributed by atoms with van der Waals surface area (Å²) >= 11 is 0. The van der Waals surface area contributed by atoms with Gasteiger partial charge in [-0.3, -0.25) is 0 Å². The maximum Gasteiger partial charge on any atom is 0.0894 e. The quantitative estimate of drug-likeness (QED) is 0.568. The number of aromatic nitrogens is 1. The van der Waals surface area contributed by atoms with E-state index in [1.807, 2.05) is 31.2 Å². The van der Waals surface area contributed by atoms with Crippen molar-refractivity contribution in [3.8, 4) is 0 Å². The molecule has 2 nitrogen and oxygen atoms in total. The predicted molar refractivity (Wildman–Crippen MR) is 43.9 cm³/mol. The Morgan fingerprint density at radius 3 is 2.82 bits per heavy atom. The van der Waals surface area contributed by atoms with Crippen LogP contribution in [0.2, 0.25) is 0 Å². The van der Waals surface area contributed by atoms with Crippen LogP contribution in [0.25, 0.3) is 10.9 Å². The third-order valence-corrected chi connectivity index (χ3v) is 1.89. The van der Waals surface area contributed by atoms with Gasteiger partial charge in [0.25, 0.3) is 0 Å². The molecule has 0 fully saturated rings. The topological polar surface area (TPSA) is 25.2 Å². The lowest BCUT2D eigenvalue weighted by Crippen LogP contribution is -1.87. The molecule has 0 saturated carbocycles. The summed E-state index contributed by atoms with van der Waals surface area (Å²) in [5.41, 5.74) is 1.99. The van der Waals surface area contributed by atoms with Crippen molar-refractivity contribution in [2.24, 2.45) is 0 Å². The maximum atomic E-state index is 9.31. The molecular weight excluding hydrogens is 138 g/mol. The fraction of sp³-hybridized carbons (Fsp3) is 0.111. The fourth-order valence-electron chi connectivity index (χ4n) is 1.35. The van der Waals surface area contributed by atoms with Crippen LogP contribution in [0.3, 0.4) is 0 Å². The molecule has 11 heavy (non-hydrogen) atoms. The molecule has 0 radical (unpaired) electrons. The number of benzene rings is 1. The highest BCUT2D eigenvalue weighted by Crippen LogP contribution is 2.17. The summed E-state index contributed by atoms with van der Waals surface area (Å²) in [5, 5.41) is 10.4. The summed E-state index contributed by atoms with van der Waals surface area (Å²) in [5.74, 6) is 0. The Morgan fingerprint density at radius 2 is 2.09 bits per heavy atom. The second kappa shape index (κ2) is 2.02. The Balaban J connectivity index is 2.96. The Bertz CT molecular complexity index is 389. The van der Waals surface area contributed by atoms with Crippen LogP contribution in [0.1, 0.15) is 5.56 Å². The number of fused-ring (bicyclic) bond motifs is 1. The average Bonchev–Trinajstić information content (AvgIpc) is 2.34. The van der Waals surface area contributed by atoms with E-state index in [9.17, 15) is 5.21 Å². The van der Waals surface area contributed by atoms with Gasteiger partial charge in [0.05, 0.1) is 5.52 Å². The Morgan fingerprint density at radius 1 is 1.27 bits per heavy atom. The minimum Gasteiger partial charge on any atom is -0.428 e. The minimum atomic E-state index is 0.896. The van der Waals surface area contributed by atoms with Crippen LogP contribution in [-0.4, -0.2) is 9.94 Å². The molecule has 0 amide bonds. The van der Waals surface area contributed by atoms with Crippen molar-refractivity contribution in [3.63, 3.8) is 0 Å². The van der Waals surface area contributed by atoms with Crippen LogP contribution in [-0.2, 0) is 0 Å². The fourth-order valence-corrected chi connectivity index (χ4v) is 1.35. The van der Waals surface area contributed by atoms with Crippen molar-refractivity contribution < 1.29 is 5.21 Å². The van der Waals surface area contributed by atoms with Gasteiger partial charge in [-0.1, -0.05) is 18.2 Å². The van der Waals surface area contributed by atoms with Crippen LogP contribution in [0.5, 0.6) is 0 Å². The molecule has 1 heterocycles. The van der Waals surface area contributed by atoms with Crippen molar-refractivity contribution in [1.82, 2.24) is 4.73 Å². The van der Waals surface area contributed by atoms with Gasteiger partial charge >= 0.3 is 0 Å². The summed E-state index contributed by atoms with van der Waals surface area (Å²) in [6, 6.07) is 7.84. The first-order valence-corrected chi connectivity index (χ1v) is 3.55. The molecule has 0 atom stereocenters. The zero-order chi connectivity index (χ0) is 7.84. The van der Waals surface area contributed by atoms with Crippen molar-refractivity contribution >= 4 is 10.9 Å². The van der Waals surface area contributed by atoms with E-state index >= 15 is 0 Å². The highest BCUT2D eigenvalue weighted by atomic mass is 16.5. The zero-order valence-corrected chi connectivity index (χ0v) is 6.28. The third kappa shape index (κ3) is 0.792. The van der Waals surface area contributed by atoms with Gasteiger partial charge < -0.3 is 5.21 Å². The lowest BCUT2D eigenvalue weighted by atomic mass is 10.2. The lowest BCUT2D eigenvalue weighted by molar-refractivity contribution is 0.200. The Labute approximate surface area is 64.6 Å². The molecule has 0 unspecified atom stereocenters. The van der Waals surface area contributed by atoms with Crippen LogP contribution in [0.15, 0.2) is 30.5 Å². The van der Waals surface area contributed by atoms with Gasteiger partial charge in [-0.05, 0) is 18.6 Å². The van der Waals surface area contributed by atoms with Gasteiger partial charge in [-0.25, -0.2) is 0 Å². The molecule has 0 saturated heterocycles. The highest BCUT2D eigenvalue weighted by molar-refractivity contribution is 5.82. The van der Waals surface area contributed by atoms with E-state index in [-0.39, 0.29) is 0 Å². The van der Waals surface area contributed by atoms with E-state index in [0.717, 1.165) is 21.2 Å². The first-order valence-electron chi connectivity index (χ1n) is 3.55. The first-order chi connectivity index (χ1) is 5.29. The highest BCUT2D eigenvalue weighted by Gasteiger charge is 2.00. The number of nitrogens with zero attached hydrogens (tertiary/aromatic N) is 1. The van der Waals surface area contributed by atoms with E-state index in [4.69, 9.17) is 0 Å². The molecule has 56 valence electrons. The van der Waals surface area contributed by atoms with E-state index in [1.54, 1.807) is 6.20 Å². The normalized spacial score (nSPS) is 10.6. The second-order valence-corrected chi connectivity index (χ2v) is 2.67. The van der Waals surface area contributed by atoms with Crippen molar-refractivity contribution in [2.75, 3.05) is 0 Å². The molecule has 1 aromatic heterocycles. The standard InChI is InChI=1S/C9H9NO/c1-7-3-2-4-8-5-6-10(11)9(7)8/h2-6,11H,1H3. The SMILES string of the molecule is Cc1cccc2ccn(O)c12. The summed E-state index contributed by atoms with van der Waals surface area (Å²) in [4.78, 5) is 0. The monoisotopic (exact) mass is 147 g/mol. The number of para-hydroxylation sites is 1. The molecule has 0 aliphatic heterocycles. The summed E-state index contributed by atoms with van der Waals surface area (Å²) in [6.45, 7) is 1.98. The molecule has 1 N–H and O–H groups in total. The summed E-state index contributed by atoms with van der Waals surface area (Å²) in [7, 11) is 0. The van der Waals surface area contributed by atoms with Crippen LogP contribution in [0, 0.1) is 6.92 Å². The van der Waals surface area contributed by atoms with Gasteiger partial charge in [0, 0.05) is 11.6 Å². The molecule has 2 heteroatoms. The Kier molecular flexibility index (Phi) is 1.15. The molecular formula is C9H9NO. The molecule has 0 bridgehead atoms. The van der Waals surface area contributed by atoms with E-state index in [0.29, 0.717) is 0 Å². The molecule has 2 rings (SSSR count). The zero-order valence-electron chi connectivity index (χ0n) is 6.28. The first kappa shape index (κ1) is 6.28. The minimum absolute atomic E-state index is 0.896. The molecule has 0 aliphatic carbocycles. The molecule has 2 aromatic rings.